The summed E-state index contributed by atoms with van der Waals surface area (Å²) in [6.45, 7) is 0. The standard InChI is InChI=1S/C9H4F3N4.C9H5F3N3.Pt/c10-9(11,12)8-15-3-6(4-16-8)7-5-13-1-2-14-7;10-9(11,12)8-5-7(14-15-8)6-3-1-2-4-13-6;/h1-3,5H;1-5H;/q2*-1;+2. The quantitative estimate of drug-likeness (QED) is 0.245. The summed E-state index contributed by atoms with van der Waals surface area (Å²) in [5, 5.41) is 6.47. The second-order valence-corrected chi connectivity index (χ2v) is 5.64. The number of rotatable bonds is 2. The summed E-state index contributed by atoms with van der Waals surface area (Å²) in [6.07, 6.45) is -0.0328. The van der Waals surface area contributed by atoms with E-state index in [1.807, 2.05) is 0 Å². The molecule has 0 saturated heterocycles. The van der Waals surface area contributed by atoms with Crippen molar-refractivity contribution in [2.45, 2.75) is 12.4 Å². The molecule has 0 aliphatic carbocycles. The Kier molecular flexibility index (Phi) is 8.14. The van der Waals surface area contributed by atoms with Gasteiger partial charge in [0.25, 0.3) is 0 Å². The third kappa shape index (κ3) is 6.64. The molecule has 0 aliphatic rings. The molecule has 14 heteroatoms. The molecule has 0 saturated carbocycles. The van der Waals surface area contributed by atoms with Gasteiger partial charge in [-0.3, -0.25) is 9.97 Å². The number of pyridine rings is 1. The van der Waals surface area contributed by atoms with Crippen LogP contribution in [-0.2, 0) is 33.4 Å². The van der Waals surface area contributed by atoms with Crippen molar-refractivity contribution in [2.24, 2.45) is 0 Å². The molecule has 0 spiro atoms. The number of nitrogens with zero attached hydrogens (tertiary/aromatic N) is 7. The maximum absolute atomic E-state index is 12.2. The Labute approximate surface area is 190 Å². The van der Waals surface area contributed by atoms with E-state index in [0.29, 0.717) is 11.4 Å². The first kappa shape index (κ1) is 25.1. The van der Waals surface area contributed by atoms with E-state index >= 15 is 0 Å². The van der Waals surface area contributed by atoms with Crippen LogP contribution in [-0.4, -0.2) is 30.0 Å². The van der Waals surface area contributed by atoms with Gasteiger partial charge in [-0.2, -0.15) is 26.3 Å². The maximum Gasteiger partial charge on any atom is 2.00 e. The van der Waals surface area contributed by atoms with Crippen molar-refractivity contribution >= 4 is 0 Å². The van der Waals surface area contributed by atoms with Gasteiger partial charge in [0.15, 0.2) is 0 Å². The topological polar surface area (TPSA) is 91.4 Å². The molecule has 0 bridgehead atoms. The molecular formula is C18H9F6N7Pt. The van der Waals surface area contributed by atoms with Crippen molar-refractivity contribution in [3.05, 3.63) is 73.0 Å². The zero-order valence-electron chi connectivity index (χ0n) is 15.4. The van der Waals surface area contributed by atoms with Crippen LogP contribution in [0.2, 0.25) is 0 Å². The zero-order chi connectivity index (χ0) is 22.5. The Balaban J connectivity index is 0.000000220. The fourth-order valence-electron chi connectivity index (χ4n) is 2.07. The Morgan fingerprint density at radius 3 is 2.06 bits per heavy atom. The molecule has 0 unspecified atom stereocenters. The molecule has 4 aromatic rings. The molecule has 168 valence electrons. The molecule has 0 N–H and O–H groups in total. The predicted octanol–water partition coefficient (Wildman–Crippen LogP) is 3.87. The predicted molar refractivity (Wildman–Crippen MR) is 92.7 cm³/mol. The first-order valence-corrected chi connectivity index (χ1v) is 8.22. The SMILES string of the molecule is FC(F)(F)c1cc(-c2ccccn2)[n-]n1.FC(F)(F)c1n[c-]c(-c2cnccn2)cn1.[Pt+2]. The van der Waals surface area contributed by atoms with Crippen molar-refractivity contribution in [3.63, 3.8) is 0 Å². The van der Waals surface area contributed by atoms with Gasteiger partial charge < -0.3 is 25.1 Å². The van der Waals surface area contributed by atoms with E-state index in [-0.39, 0.29) is 32.3 Å². The van der Waals surface area contributed by atoms with E-state index in [1.165, 1.54) is 24.8 Å². The van der Waals surface area contributed by atoms with Gasteiger partial charge in [-0.05, 0) is 24.4 Å². The van der Waals surface area contributed by atoms with Crippen molar-refractivity contribution in [1.29, 1.82) is 0 Å². The van der Waals surface area contributed by atoms with Crippen LogP contribution in [0, 0.1) is 6.20 Å². The summed E-state index contributed by atoms with van der Waals surface area (Å²) in [5.41, 5.74) is 0.143. The fraction of sp³-hybridized carbons (Fsp3) is 0.111. The second kappa shape index (κ2) is 10.4. The van der Waals surface area contributed by atoms with E-state index in [9.17, 15) is 26.3 Å². The molecule has 0 radical (unpaired) electrons. The van der Waals surface area contributed by atoms with Crippen LogP contribution in [0.1, 0.15) is 11.5 Å². The number of halogens is 6. The molecule has 32 heavy (non-hydrogen) atoms. The number of alkyl halides is 6. The van der Waals surface area contributed by atoms with E-state index in [1.54, 1.807) is 18.2 Å². The fourth-order valence-corrected chi connectivity index (χ4v) is 2.07. The molecule has 0 fully saturated rings. The molecule has 0 aliphatic heterocycles. The van der Waals surface area contributed by atoms with Crippen LogP contribution < -0.4 is 5.10 Å². The van der Waals surface area contributed by atoms with Gasteiger partial charge in [0.2, 0.25) is 0 Å². The largest absolute Gasteiger partial charge is 2.00 e. The minimum absolute atomic E-state index is 0. The molecule has 4 aromatic heterocycles. The van der Waals surface area contributed by atoms with Crippen LogP contribution >= 0.6 is 0 Å². The number of hydrogen-bond acceptors (Lipinski definition) is 6. The van der Waals surface area contributed by atoms with E-state index in [0.717, 1.165) is 12.3 Å². The van der Waals surface area contributed by atoms with Crippen molar-refractivity contribution < 1.29 is 47.4 Å². The molecule has 0 amide bonds. The molecule has 4 rings (SSSR count). The third-order valence-electron chi connectivity index (χ3n) is 3.45. The number of hydrogen-bond donors (Lipinski definition) is 0. The van der Waals surface area contributed by atoms with Gasteiger partial charge in [0.05, 0.1) is 0 Å². The van der Waals surface area contributed by atoms with E-state index in [4.69, 9.17) is 0 Å². The summed E-state index contributed by atoms with van der Waals surface area (Å²) in [4.78, 5) is 17.8. The van der Waals surface area contributed by atoms with Gasteiger partial charge in [-0.1, -0.05) is 23.5 Å². The zero-order valence-corrected chi connectivity index (χ0v) is 17.7. The van der Waals surface area contributed by atoms with Gasteiger partial charge >= 0.3 is 33.4 Å². The van der Waals surface area contributed by atoms with Gasteiger partial charge in [0.1, 0.15) is 11.5 Å². The van der Waals surface area contributed by atoms with Crippen LogP contribution in [0.3, 0.4) is 0 Å². The molecule has 0 atom stereocenters. The van der Waals surface area contributed by atoms with Crippen molar-refractivity contribution in [3.8, 4) is 22.6 Å². The Morgan fingerprint density at radius 1 is 0.812 bits per heavy atom. The molecule has 0 aromatic carbocycles. The van der Waals surface area contributed by atoms with Gasteiger partial charge in [-0.15, -0.1) is 0 Å². The van der Waals surface area contributed by atoms with E-state index in [2.05, 4.69) is 41.3 Å². The summed E-state index contributed by atoms with van der Waals surface area (Å²) in [5.74, 6) is -1.22. The Morgan fingerprint density at radius 2 is 1.56 bits per heavy atom. The molecule has 7 nitrogen and oxygen atoms in total. The number of aromatic nitrogens is 7. The van der Waals surface area contributed by atoms with Gasteiger partial charge in [0, 0.05) is 36.2 Å². The first-order chi connectivity index (χ1) is 14.6. The molecule has 4 heterocycles. The average Bonchev–Trinajstić information content (AvgIpc) is 3.26. The Bertz CT molecular complexity index is 1100. The second-order valence-electron chi connectivity index (χ2n) is 5.64. The smallest absolute Gasteiger partial charge is 0.573 e. The summed E-state index contributed by atoms with van der Waals surface area (Å²) in [6, 6.07) is 5.79. The monoisotopic (exact) mass is 632 g/mol. The molecular weight excluding hydrogens is 623 g/mol. The third-order valence-corrected chi connectivity index (χ3v) is 3.45. The van der Waals surface area contributed by atoms with Crippen LogP contribution in [0.5, 0.6) is 0 Å². The van der Waals surface area contributed by atoms with Crippen molar-refractivity contribution in [2.75, 3.05) is 0 Å². The van der Waals surface area contributed by atoms with Gasteiger partial charge in [-0.25, -0.2) is 0 Å². The maximum atomic E-state index is 12.2. The van der Waals surface area contributed by atoms with Crippen LogP contribution in [0.15, 0.2) is 55.2 Å². The minimum Gasteiger partial charge on any atom is -0.573 e. The van der Waals surface area contributed by atoms with Crippen molar-refractivity contribution in [1.82, 2.24) is 35.1 Å². The minimum atomic E-state index is -4.56. The van der Waals surface area contributed by atoms with E-state index < -0.39 is 23.9 Å². The summed E-state index contributed by atoms with van der Waals surface area (Å²) >= 11 is 0. The Hall–Kier alpha value is -3.21. The summed E-state index contributed by atoms with van der Waals surface area (Å²) < 4.78 is 73.0. The van der Waals surface area contributed by atoms with Crippen LogP contribution in [0.25, 0.3) is 22.6 Å². The first-order valence-electron chi connectivity index (χ1n) is 8.22. The van der Waals surface area contributed by atoms with Crippen LogP contribution in [0.4, 0.5) is 26.3 Å². The normalized spacial score (nSPS) is 11.2. The summed E-state index contributed by atoms with van der Waals surface area (Å²) in [7, 11) is 0. The average molecular weight is 632 g/mol.